The molecule has 1 aromatic heterocycles. The van der Waals surface area contributed by atoms with E-state index in [0.29, 0.717) is 6.54 Å². The molecule has 0 fully saturated rings. The van der Waals surface area contributed by atoms with Crippen LogP contribution >= 0.6 is 0 Å². The molecule has 0 unspecified atom stereocenters. The summed E-state index contributed by atoms with van der Waals surface area (Å²) in [6.45, 7) is 0.300. The smallest absolute Gasteiger partial charge is 0.270 e. The van der Waals surface area contributed by atoms with Gasteiger partial charge in [0.15, 0.2) is 0 Å². The molecule has 0 saturated heterocycles. The van der Waals surface area contributed by atoms with Gasteiger partial charge in [0.1, 0.15) is 0 Å². The van der Waals surface area contributed by atoms with Crippen LogP contribution in [0.5, 0.6) is 0 Å². The number of furan rings is 1. The maximum atomic E-state index is 12.9. The van der Waals surface area contributed by atoms with E-state index < -0.39 is 16.9 Å². The lowest BCUT2D eigenvalue weighted by molar-refractivity contribution is -0.385. The molecule has 7 heteroatoms. The number of anilines is 1. The van der Waals surface area contributed by atoms with Gasteiger partial charge in [-0.3, -0.25) is 10.1 Å². The maximum Gasteiger partial charge on any atom is 0.270 e. The van der Waals surface area contributed by atoms with E-state index >= 15 is 0 Å². The second kappa shape index (κ2) is 5.47. The van der Waals surface area contributed by atoms with Crippen LogP contribution in [0.25, 0.3) is 0 Å². The van der Waals surface area contributed by atoms with E-state index in [1.165, 1.54) is 24.7 Å². The van der Waals surface area contributed by atoms with Gasteiger partial charge in [0.25, 0.3) is 12.1 Å². The van der Waals surface area contributed by atoms with E-state index in [0.717, 1.165) is 11.6 Å². The summed E-state index contributed by atoms with van der Waals surface area (Å²) in [5.74, 6) is 0. The van der Waals surface area contributed by atoms with Crippen LogP contribution in [-0.4, -0.2) is 4.92 Å². The Kier molecular flexibility index (Phi) is 3.74. The molecule has 0 atom stereocenters. The number of nitrogens with zero attached hydrogens (tertiary/aromatic N) is 1. The highest BCUT2D eigenvalue weighted by Gasteiger charge is 2.17. The predicted octanol–water partition coefficient (Wildman–Crippen LogP) is 3.74. The molecule has 19 heavy (non-hydrogen) atoms. The van der Waals surface area contributed by atoms with Gasteiger partial charge in [0.2, 0.25) is 0 Å². The molecule has 0 aliphatic rings. The van der Waals surface area contributed by atoms with Crippen molar-refractivity contribution in [2.45, 2.75) is 13.0 Å². The molecule has 2 rings (SSSR count). The number of nitro groups is 1. The molecule has 0 aliphatic heterocycles. The number of rotatable bonds is 5. The number of non-ortho nitro benzene ring substituents is 1. The number of nitro benzene ring substituents is 1. The van der Waals surface area contributed by atoms with Gasteiger partial charge in [-0.25, -0.2) is 8.78 Å². The highest BCUT2D eigenvalue weighted by Crippen LogP contribution is 2.30. The fourth-order valence-electron chi connectivity index (χ4n) is 1.60. The molecule has 0 amide bonds. The van der Waals surface area contributed by atoms with Gasteiger partial charge < -0.3 is 9.73 Å². The summed E-state index contributed by atoms with van der Waals surface area (Å²) in [6.07, 6.45) is 0.174. The second-order valence-corrected chi connectivity index (χ2v) is 3.81. The molecule has 0 radical (unpaired) electrons. The molecule has 1 heterocycles. The third-order valence-corrected chi connectivity index (χ3v) is 2.54. The molecule has 100 valence electrons. The monoisotopic (exact) mass is 268 g/mol. The lowest BCUT2D eigenvalue weighted by Gasteiger charge is -2.10. The van der Waals surface area contributed by atoms with Crippen molar-refractivity contribution in [3.05, 3.63) is 58.0 Å². The van der Waals surface area contributed by atoms with Crippen molar-refractivity contribution in [2.24, 2.45) is 0 Å². The van der Waals surface area contributed by atoms with Crippen LogP contribution < -0.4 is 5.32 Å². The third-order valence-electron chi connectivity index (χ3n) is 2.54. The standard InChI is InChI=1S/C12H10F2N2O3/c13-12(14)10-5-9(16(17)18)1-2-11(10)15-6-8-3-4-19-7-8/h1-5,7,12,15H,6H2. The van der Waals surface area contributed by atoms with Gasteiger partial charge in [-0.2, -0.15) is 0 Å². The second-order valence-electron chi connectivity index (χ2n) is 3.81. The van der Waals surface area contributed by atoms with Gasteiger partial charge in [-0.15, -0.1) is 0 Å². The van der Waals surface area contributed by atoms with E-state index in [1.807, 2.05) is 0 Å². The highest BCUT2D eigenvalue weighted by molar-refractivity contribution is 5.56. The zero-order valence-corrected chi connectivity index (χ0v) is 9.68. The van der Waals surface area contributed by atoms with Gasteiger partial charge in [-0.1, -0.05) is 0 Å². The van der Waals surface area contributed by atoms with Crippen LogP contribution in [0.15, 0.2) is 41.2 Å². The zero-order chi connectivity index (χ0) is 13.8. The Morgan fingerprint density at radius 1 is 1.37 bits per heavy atom. The van der Waals surface area contributed by atoms with Gasteiger partial charge in [-0.05, 0) is 12.1 Å². The molecular weight excluding hydrogens is 258 g/mol. The van der Waals surface area contributed by atoms with Crippen molar-refractivity contribution in [3.63, 3.8) is 0 Å². The fourth-order valence-corrected chi connectivity index (χ4v) is 1.60. The first-order valence-electron chi connectivity index (χ1n) is 5.39. The molecule has 0 saturated carbocycles. The lowest BCUT2D eigenvalue weighted by atomic mass is 10.1. The Morgan fingerprint density at radius 2 is 2.16 bits per heavy atom. The average Bonchev–Trinajstić information content (AvgIpc) is 2.89. The fraction of sp³-hybridized carbons (Fsp3) is 0.167. The Morgan fingerprint density at radius 3 is 2.74 bits per heavy atom. The van der Waals surface area contributed by atoms with Gasteiger partial charge in [0.05, 0.1) is 17.4 Å². The molecule has 0 aliphatic carbocycles. The summed E-state index contributed by atoms with van der Waals surface area (Å²) in [7, 11) is 0. The van der Waals surface area contributed by atoms with E-state index in [9.17, 15) is 18.9 Å². The first kappa shape index (κ1) is 13.0. The number of nitrogens with one attached hydrogen (secondary N) is 1. The van der Waals surface area contributed by atoms with E-state index in [1.54, 1.807) is 6.07 Å². The largest absolute Gasteiger partial charge is 0.472 e. The maximum absolute atomic E-state index is 12.9. The lowest BCUT2D eigenvalue weighted by Crippen LogP contribution is -2.03. The molecule has 0 spiro atoms. The summed E-state index contributed by atoms with van der Waals surface area (Å²) in [4.78, 5) is 9.86. The number of alkyl halides is 2. The summed E-state index contributed by atoms with van der Waals surface area (Å²) in [5, 5.41) is 13.4. The van der Waals surface area contributed by atoms with Crippen LogP contribution in [0, 0.1) is 10.1 Å². The summed E-state index contributed by atoms with van der Waals surface area (Å²) < 4.78 is 30.6. The molecule has 5 nitrogen and oxygen atoms in total. The van der Waals surface area contributed by atoms with E-state index in [4.69, 9.17) is 4.42 Å². The Balaban J connectivity index is 2.21. The van der Waals surface area contributed by atoms with Crippen LogP contribution in [0.1, 0.15) is 17.6 Å². The average molecular weight is 268 g/mol. The molecule has 0 bridgehead atoms. The first-order valence-corrected chi connectivity index (χ1v) is 5.39. The summed E-state index contributed by atoms with van der Waals surface area (Å²) in [6, 6.07) is 5.03. The molecule has 1 aromatic carbocycles. The highest BCUT2D eigenvalue weighted by atomic mass is 19.3. The van der Waals surface area contributed by atoms with E-state index in [2.05, 4.69) is 5.32 Å². The van der Waals surface area contributed by atoms with E-state index in [-0.39, 0.29) is 11.4 Å². The van der Waals surface area contributed by atoms with Crippen molar-refractivity contribution in [3.8, 4) is 0 Å². The SMILES string of the molecule is O=[N+]([O-])c1ccc(NCc2ccoc2)c(C(F)F)c1. The Bertz CT molecular complexity index is 570. The summed E-state index contributed by atoms with van der Waals surface area (Å²) >= 11 is 0. The first-order chi connectivity index (χ1) is 9.08. The minimum absolute atomic E-state index is 0.168. The minimum Gasteiger partial charge on any atom is -0.472 e. The molecule has 1 N–H and O–H groups in total. The van der Waals surface area contributed by atoms with Crippen LogP contribution in [0.3, 0.4) is 0 Å². The number of hydrogen-bond donors (Lipinski definition) is 1. The topological polar surface area (TPSA) is 68.3 Å². The van der Waals surface area contributed by atoms with Crippen molar-refractivity contribution < 1.29 is 18.1 Å². The van der Waals surface area contributed by atoms with Crippen molar-refractivity contribution >= 4 is 11.4 Å². The Labute approximate surface area is 107 Å². The zero-order valence-electron chi connectivity index (χ0n) is 9.68. The molecular formula is C12H10F2N2O3. The van der Waals surface area contributed by atoms with Crippen LogP contribution in [0.2, 0.25) is 0 Å². The van der Waals surface area contributed by atoms with Crippen molar-refractivity contribution in [1.82, 2.24) is 0 Å². The number of halogens is 2. The predicted molar refractivity (Wildman–Crippen MR) is 64.1 cm³/mol. The number of benzene rings is 1. The third kappa shape index (κ3) is 3.06. The van der Waals surface area contributed by atoms with Crippen LogP contribution in [0.4, 0.5) is 20.2 Å². The summed E-state index contributed by atoms with van der Waals surface area (Å²) in [5.41, 5.74) is 0.210. The normalized spacial score (nSPS) is 10.7. The minimum atomic E-state index is -2.79. The van der Waals surface area contributed by atoms with Crippen molar-refractivity contribution in [1.29, 1.82) is 0 Å². The number of hydrogen-bond acceptors (Lipinski definition) is 4. The van der Waals surface area contributed by atoms with Gasteiger partial charge in [0, 0.05) is 35.5 Å². The molecule has 2 aromatic rings. The quantitative estimate of drug-likeness (QED) is 0.662. The van der Waals surface area contributed by atoms with Gasteiger partial charge >= 0.3 is 0 Å². The van der Waals surface area contributed by atoms with Crippen molar-refractivity contribution in [2.75, 3.05) is 5.32 Å². The Hall–Kier alpha value is -2.44. The van der Waals surface area contributed by atoms with Crippen LogP contribution in [-0.2, 0) is 6.54 Å².